The van der Waals surface area contributed by atoms with Crippen LogP contribution < -0.4 is 9.84 Å². The second-order valence-electron chi connectivity index (χ2n) is 4.77. The van der Waals surface area contributed by atoms with E-state index in [2.05, 4.69) is 0 Å². The third-order valence-electron chi connectivity index (χ3n) is 3.43. The standard InChI is InChI=1S/C15H17NO5/c1-21-13-9-10(4-6-12(13)17)5-7-14(18)16-8-2-3-11(16)15(19)20/h4-7,9,11,17H,2-3,8H2,1H3,(H,19,20)/p-1/b7-5+/t11-/m1/s1. The maximum Gasteiger partial charge on any atom is 0.247 e. The highest BCUT2D eigenvalue weighted by atomic mass is 16.5. The Bertz CT molecular complexity index is 581. The number of benzene rings is 1. The van der Waals surface area contributed by atoms with E-state index in [4.69, 9.17) is 4.74 Å². The van der Waals surface area contributed by atoms with Gasteiger partial charge in [-0.1, -0.05) is 6.07 Å². The van der Waals surface area contributed by atoms with Crippen LogP contribution >= 0.6 is 0 Å². The number of carbonyl (C=O) groups excluding carboxylic acids is 2. The van der Waals surface area contributed by atoms with Crippen molar-refractivity contribution in [2.24, 2.45) is 0 Å². The SMILES string of the molecule is COc1cc(/C=C/C(=O)N2CCC[C@@H]2C(=O)[O-])ccc1O. The lowest BCUT2D eigenvalue weighted by Gasteiger charge is -2.23. The number of aliphatic carboxylic acids is 1. The number of likely N-dealkylation sites (tertiary alicyclic amines) is 1. The molecule has 112 valence electrons. The number of carboxylic acids is 1. The van der Waals surface area contributed by atoms with Gasteiger partial charge >= 0.3 is 0 Å². The van der Waals surface area contributed by atoms with Gasteiger partial charge in [-0.25, -0.2) is 0 Å². The summed E-state index contributed by atoms with van der Waals surface area (Å²) in [6.45, 7) is 0.417. The van der Waals surface area contributed by atoms with Crippen LogP contribution in [0.2, 0.25) is 0 Å². The van der Waals surface area contributed by atoms with E-state index >= 15 is 0 Å². The third-order valence-corrected chi connectivity index (χ3v) is 3.43. The topological polar surface area (TPSA) is 89.9 Å². The Morgan fingerprint density at radius 2 is 2.24 bits per heavy atom. The van der Waals surface area contributed by atoms with Gasteiger partial charge in [0, 0.05) is 12.6 Å². The molecule has 1 aliphatic heterocycles. The van der Waals surface area contributed by atoms with Crippen molar-refractivity contribution < 1.29 is 24.5 Å². The Morgan fingerprint density at radius 3 is 2.90 bits per heavy atom. The molecule has 1 aromatic rings. The predicted molar refractivity (Wildman–Crippen MR) is 73.4 cm³/mol. The van der Waals surface area contributed by atoms with Gasteiger partial charge in [-0.15, -0.1) is 0 Å². The summed E-state index contributed by atoms with van der Waals surface area (Å²) in [5.74, 6) is -1.27. The van der Waals surface area contributed by atoms with Crippen LogP contribution in [0.15, 0.2) is 24.3 Å². The van der Waals surface area contributed by atoms with Crippen LogP contribution in [0.3, 0.4) is 0 Å². The van der Waals surface area contributed by atoms with Crippen molar-refractivity contribution in [1.82, 2.24) is 4.90 Å². The number of carboxylic acid groups (broad SMARTS) is 1. The van der Waals surface area contributed by atoms with Crippen LogP contribution in [0, 0.1) is 0 Å². The fraction of sp³-hybridized carbons (Fsp3) is 0.333. The minimum atomic E-state index is -1.22. The molecule has 6 nitrogen and oxygen atoms in total. The van der Waals surface area contributed by atoms with Gasteiger partial charge in [0.15, 0.2) is 11.5 Å². The Morgan fingerprint density at radius 1 is 1.48 bits per heavy atom. The summed E-state index contributed by atoms with van der Waals surface area (Å²) in [4.78, 5) is 24.3. The average molecular weight is 290 g/mol. The first-order valence-corrected chi connectivity index (χ1v) is 6.59. The molecule has 1 atom stereocenters. The predicted octanol–water partition coefficient (Wildman–Crippen LogP) is 0.155. The van der Waals surface area contributed by atoms with Gasteiger partial charge in [-0.05, 0) is 36.6 Å². The normalized spacial score (nSPS) is 18.1. The van der Waals surface area contributed by atoms with E-state index in [1.807, 2.05) is 0 Å². The van der Waals surface area contributed by atoms with Crippen molar-refractivity contribution in [2.45, 2.75) is 18.9 Å². The van der Waals surface area contributed by atoms with Crippen LogP contribution in [-0.2, 0) is 9.59 Å². The van der Waals surface area contributed by atoms with Gasteiger partial charge < -0.3 is 24.6 Å². The van der Waals surface area contributed by atoms with Crippen LogP contribution in [0.1, 0.15) is 18.4 Å². The van der Waals surface area contributed by atoms with Crippen LogP contribution in [0.25, 0.3) is 6.08 Å². The molecular weight excluding hydrogens is 274 g/mol. The average Bonchev–Trinajstić information content (AvgIpc) is 2.95. The number of aromatic hydroxyl groups is 1. The maximum absolute atomic E-state index is 12.0. The molecule has 1 amide bonds. The first-order chi connectivity index (χ1) is 10.0. The molecule has 21 heavy (non-hydrogen) atoms. The molecule has 0 aromatic heterocycles. The Kier molecular flexibility index (Phi) is 4.47. The number of rotatable bonds is 4. The van der Waals surface area contributed by atoms with E-state index in [9.17, 15) is 19.8 Å². The monoisotopic (exact) mass is 290 g/mol. The van der Waals surface area contributed by atoms with Crippen LogP contribution in [0.4, 0.5) is 0 Å². The van der Waals surface area contributed by atoms with Crippen molar-refractivity contribution in [2.75, 3.05) is 13.7 Å². The summed E-state index contributed by atoms with van der Waals surface area (Å²) >= 11 is 0. The summed E-state index contributed by atoms with van der Waals surface area (Å²) in [6, 6.07) is 3.82. The highest BCUT2D eigenvalue weighted by molar-refractivity contribution is 5.94. The zero-order valence-corrected chi connectivity index (χ0v) is 11.6. The van der Waals surface area contributed by atoms with Crippen molar-refractivity contribution in [1.29, 1.82) is 0 Å². The van der Waals surface area contributed by atoms with Crippen LogP contribution in [0.5, 0.6) is 11.5 Å². The maximum atomic E-state index is 12.0. The van der Waals surface area contributed by atoms with Crippen LogP contribution in [-0.4, -0.2) is 41.6 Å². The molecular formula is C15H16NO5-. The lowest BCUT2D eigenvalue weighted by Crippen LogP contribution is -2.46. The molecule has 1 heterocycles. The van der Waals surface area contributed by atoms with E-state index in [1.165, 1.54) is 24.2 Å². The Labute approximate surface area is 122 Å². The molecule has 1 saturated heterocycles. The number of hydrogen-bond donors (Lipinski definition) is 1. The van der Waals surface area contributed by atoms with Crippen molar-refractivity contribution >= 4 is 18.0 Å². The minimum Gasteiger partial charge on any atom is -0.548 e. The number of carbonyl (C=O) groups is 2. The number of phenolic OH excluding ortho intramolecular Hbond substituents is 1. The number of nitrogens with zero attached hydrogens (tertiary/aromatic N) is 1. The van der Waals surface area contributed by atoms with Crippen molar-refractivity contribution in [3.8, 4) is 11.5 Å². The fourth-order valence-electron chi connectivity index (χ4n) is 2.34. The van der Waals surface area contributed by atoms with E-state index in [1.54, 1.807) is 18.2 Å². The molecule has 0 unspecified atom stereocenters. The quantitative estimate of drug-likeness (QED) is 0.797. The summed E-state index contributed by atoms with van der Waals surface area (Å²) in [7, 11) is 1.43. The number of amides is 1. The number of methoxy groups -OCH3 is 1. The summed E-state index contributed by atoms with van der Waals surface area (Å²) in [5.41, 5.74) is 0.669. The number of phenols is 1. The highest BCUT2D eigenvalue weighted by Gasteiger charge is 2.28. The molecule has 1 fully saturated rings. The van der Waals surface area contributed by atoms with E-state index < -0.39 is 12.0 Å². The van der Waals surface area contributed by atoms with Gasteiger partial charge in [-0.3, -0.25) is 4.79 Å². The molecule has 2 rings (SSSR count). The lowest BCUT2D eigenvalue weighted by molar-refractivity contribution is -0.310. The molecule has 1 N–H and O–H groups in total. The molecule has 1 aromatic carbocycles. The Hall–Kier alpha value is -2.50. The zero-order valence-electron chi connectivity index (χ0n) is 11.6. The van der Waals surface area contributed by atoms with Gasteiger partial charge in [0.25, 0.3) is 0 Å². The minimum absolute atomic E-state index is 0.0116. The van der Waals surface area contributed by atoms with Gasteiger partial charge in [0.2, 0.25) is 5.91 Å². The summed E-state index contributed by atoms with van der Waals surface area (Å²) < 4.78 is 4.98. The van der Waals surface area contributed by atoms with Gasteiger partial charge in [0.1, 0.15) is 0 Å². The number of ether oxygens (including phenoxy) is 1. The first kappa shape index (κ1) is 14.9. The fourth-order valence-corrected chi connectivity index (χ4v) is 2.34. The molecule has 0 spiro atoms. The zero-order chi connectivity index (χ0) is 15.4. The first-order valence-electron chi connectivity index (χ1n) is 6.59. The summed E-state index contributed by atoms with van der Waals surface area (Å²) in [6.07, 6.45) is 3.95. The molecule has 0 bridgehead atoms. The second kappa shape index (κ2) is 6.30. The molecule has 0 radical (unpaired) electrons. The molecule has 1 aliphatic rings. The Balaban J connectivity index is 2.10. The molecule has 6 heteroatoms. The highest BCUT2D eigenvalue weighted by Crippen LogP contribution is 2.26. The van der Waals surface area contributed by atoms with E-state index in [0.717, 1.165) is 0 Å². The molecule has 0 aliphatic carbocycles. The van der Waals surface area contributed by atoms with Crippen molar-refractivity contribution in [3.63, 3.8) is 0 Å². The van der Waals surface area contributed by atoms with E-state index in [0.29, 0.717) is 30.7 Å². The summed E-state index contributed by atoms with van der Waals surface area (Å²) in [5, 5.41) is 20.4. The smallest absolute Gasteiger partial charge is 0.247 e. The van der Waals surface area contributed by atoms with Gasteiger partial charge in [0.05, 0.1) is 19.1 Å². The molecule has 0 saturated carbocycles. The lowest BCUT2D eigenvalue weighted by atomic mass is 10.2. The number of hydrogen-bond acceptors (Lipinski definition) is 5. The van der Waals surface area contributed by atoms with Gasteiger partial charge in [-0.2, -0.15) is 0 Å². The second-order valence-corrected chi connectivity index (χ2v) is 4.77. The largest absolute Gasteiger partial charge is 0.548 e. The third kappa shape index (κ3) is 3.34. The van der Waals surface area contributed by atoms with Crippen molar-refractivity contribution in [3.05, 3.63) is 29.8 Å². The van der Waals surface area contributed by atoms with E-state index in [-0.39, 0.29) is 11.7 Å².